The van der Waals surface area contributed by atoms with E-state index >= 15 is 0 Å². The van der Waals surface area contributed by atoms with Crippen LogP contribution in [0.4, 0.5) is 5.82 Å². The lowest BCUT2D eigenvalue weighted by Crippen LogP contribution is -2.14. The Morgan fingerprint density at radius 2 is 1.84 bits per heavy atom. The highest BCUT2D eigenvalue weighted by molar-refractivity contribution is 7.92. The number of hydrogen-bond acceptors (Lipinski definition) is 4. The zero-order valence-electron chi connectivity index (χ0n) is 10.4. The summed E-state index contributed by atoms with van der Waals surface area (Å²) in [5, 5.41) is 0.174. The molecule has 0 spiro atoms. The number of benzene rings is 1. The second-order valence-corrected chi connectivity index (χ2v) is 6.15. The summed E-state index contributed by atoms with van der Waals surface area (Å²) in [6.45, 7) is 3.78. The van der Waals surface area contributed by atoms with Crippen LogP contribution < -0.4 is 4.72 Å². The summed E-state index contributed by atoms with van der Waals surface area (Å²) in [4.78, 5) is 7.68. The first-order valence-electron chi connectivity index (χ1n) is 5.46. The molecular formula is C12H12ClN3O2S. The molecule has 0 saturated carbocycles. The smallest absolute Gasteiger partial charge is 0.263 e. The van der Waals surface area contributed by atoms with Crippen LogP contribution in [-0.4, -0.2) is 18.4 Å². The van der Waals surface area contributed by atoms with E-state index in [4.69, 9.17) is 11.6 Å². The summed E-state index contributed by atoms with van der Waals surface area (Å²) < 4.78 is 26.7. The molecule has 2 rings (SSSR count). The molecule has 2 aromatic rings. The molecule has 1 N–H and O–H groups in total. The first-order chi connectivity index (χ1) is 8.88. The van der Waals surface area contributed by atoms with Crippen LogP contribution in [0.5, 0.6) is 0 Å². The van der Waals surface area contributed by atoms with Gasteiger partial charge in [0.1, 0.15) is 17.3 Å². The Hall–Kier alpha value is -1.66. The van der Waals surface area contributed by atoms with Gasteiger partial charge in [-0.1, -0.05) is 17.7 Å². The van der Waals surface area contributed by atoms with Gasteiger partial charge >= 0.3 is 0 Å². The van der Waals surface area contributed by atoms with Gasteiger partial charge in [-0.2, -0.15) is 0 Å². The molecule has 7 heteroatoms. The van der Waals surface area contributed by atoms with Gasteiger partial charge in [0.25, 0.3) is 10.0 Å². The number of nitrogens with zero attached hydrogens (tertiary/aromatic N) is 2. The SMILES string of the molecule is Cc1ccc(S(=O)(=O)Nc2cc(Cl)ncn2)cc1C. The van der Waals surface area contributed by atoms with Crippen molar-refractivity contribution in [1.29, 1.82) is 0 Å². The lowest BCUT2D eigenvalue weighted by molar-refractivity contribution is 0.601. The van der Waals surface area contributed by atoms with Crippen LogP contribution in [0, 0.1) is 13.8 Å². The Bertz CT molecular complexity index is 717. The van der Waals surface area contributed by atoms with E-state index in [1.54, 1.807) is 18.2 Å². The van der Waals surface area contributed by atoms with Gasteiger partial charge in [0.15, 0.2) is 0 Å². The third-order valence-electron chi connectivity index (χ3n) is 2.66. The number of aromatic nitrogens is 2. The third kappa shape index (κ3) is 3.21. The van der Waals surface area contributed by atoms with E-state index in [2.05, 4.69) is 14.7 Å². The average molecular weight is 298 g/mol. The van der Waals surface area contributed by atoms with E-state index in [9.17, 15) is 8.42 Å². The lowest BCUT2D eigenvalue weighted by Gasteiger charge is -2.08. The van der Waals surface area contributed by atoms with Gasteiger partial charge in [0, 0.05) is 6.07 Å². The minimum absolute atomic E-state index is 0.137. The van der Waals surface area contributed by atoms with Crippen LogP contribution in [0.2, 0.25) is 5.15 Å². The molecule has 0 aliphatic heterocycles. The van der Waals surface area contributed by atoms with E-state index in [1.165, 1.54) is 12.4 Å². The Balaban J connectivity index is 2.35. The van der Waals surface area contributed by atoms with Crippen LogP contribution in [-0.2, 0) is 10.0 Å². The fraction of sp³-hybridized carbons (Fsp3) is 0.167. The van der Waals surface area contributed by atoms with E-state index in [0.717, 1.165) is 11.1 Å². The largest absolute Gasteiger partial charge is 0.263 e. The van der Waals surface area contributed by atoms with Gasteiger partial charge in [-0.3, -0.25) is 4.72 Å². The van der Waals surface area contributed by atoms with Crippen molar-refractivity contribution in [3.05, 3.63) is 46.9 Å². The van der Waals surface area contributed by atoms with Crippen LogP contribution >= 0.6 is 11.6 Å². The molecule has 0 fully saturated rings. The Kier molecular flexibility index (Phi) is 3.73. The van der Waals surface area contributed by atoms with E-state index < -0.39 is 10.0 Å². The minimum atomic E-state index is -3.67. The fourth-order valence-corrected chi connectivity index (χ4v) is 2.70. The highest BCUT2D eigenvalue weighted by Gasteiger charge is 2.15. The Morgan fingerprint density at radius 1 is 1.11 bits per heavy atom. The normalized spacial score (nSPS) is 11.3. The highest BCUT2D eigenvalue weighted by Crippen LogP contribution is 2.18. The molecule has 1 heterocycles. The molecule has 100 valence electrons. The molecule has 5 nitrogen and oxygen atoms in total. The monoisotopic (exact) mass is 297 g/mol. The second kappa shape index (κ2) is 5.14. The number of halogens is 1. The van der Waals surface area contributed by atoms with Crippen molar-refractivity contribution in [2.24, 2.45) is 0 Å². The quantitative estimate of drug-likeness (QED) is 0.884. The molecule has 0 saturated heterocycles. The standard InChI is InChI=1S/C12H12ClN3O2S/c1-8-3-4-10(5-9(8)2)19(17,18)16-12-6-11(13)14-7-15-12/h3-7H,1-2H3,(H,14,15,16). The molecule has 0 atom stereocenters. The first kappa shape index (κ1) is 13.8. The molecule has 0 amide bonds. The number of sulfonamides is 1. The predicted molar refractivity (Wildman–Crippen MR) is 73.8 cm³/mol. The number of anilines is 1. The summed E-state index contributed by atoms with van der Waals surface area (Å²) in [5.74, 6) is 0.137. The molecule has 0 unspecified atom stereocenters. The molecule has 1 aromatic carbocycles. The zero-order chi connectivity index (χ0) is 14.0. The van der Waals surface area contributed by atoms with Gasteiger partial charge in [-0.25, -0.2) is 18.4 Å². The van der Waals surface area contributed by atoms with Gasteiger partial charge in [-0.15, -0.1) is 0 Å². The lowest BCUT2D eigenvalue weighted by atomic mass is 10.1. The van der Waals surface area contributed by atoms with Crippen molar-refractivity contribution in [3.63, 3.8) is 0 Å². The van der Waals surface area contributed by atoms with E-state index in [0.29, 0.717) is 0 Å². The van der Waals surface area contributed by atoms with Crippen molar-refractivity contribution < 1.29 is 8.42 Å². The summed E-state index contributed by atoms with van der Waals surface area (Å²) in [6.07, 6.45) is 1.20. The molecular weight excluding hydrogens is 286 g/mol. The molecule has 0 aliphatic rings. The number of hydrogen-bond donors (Lipinski definition) is 1. The topological polar surface area (TPSA) is 72.0 Å². The van der Waals surface area contributed by atoms with Crippen LogP contribution in [0.3, 0.4) is 0 Å². The Morgan fingerprint density at radius 3 is 2.47 bits per heavy atom. The third-order valence-corrected chi connectivity index (χ3v) is 4.22. The molecule has 19 heavy (non-hydrogen) atoms. The average Bonchev–Trinajstić information content (AvgIpc) is 2.32. The highest BCUT2D eigenvalue weighted by atomic mass is 35.5. The number of rotatable bonds is 3. The van der Waals surface area contributed by atoms with Crippen LogP contribution in [0.1, 0.15) is 11.1 Å². The van der Waals surface area contributed by atoms with Gasteiger partial charge < -0.3 is 0 Å². The van der Waals surface area contributed by atoms with Crippen molar-refractivity contribution in [2.45, 2.75) is 18.7 Å². The Labute approximate surface area is 116 Å². The summed E-state index contributed by atoms with van der Waals surface area (Å²) in [6, 6.07) is 6.27. The molecule has 0 radical (unpaired) electrons. The van der Waals surface area contributed by atoms with Crippen molar-refractivity contribution in [1.82, 2.24) is 9.97 Å². The second-order valence-electron chi connectivity index (χ2n) is 4.08. The van der Waals surface area contributed by atoms with Crippen molar-refractivity contribution >= 4 is 27.4 Å². The summed E-state index contributed by atoms with van der Waals surface area (Å²) in [7, 11) is -3.67. The van der Waals surface area contributed by atoms with Crippen molar-refractivity contribution in [2.75, 3.05) is 4.72 Å². The maximum absolute atomic E-state index is 12.2. The first-order valence-corrected chi connectivity index (χ1v) is 7.32. The minimum Gasteiger partial charge on any atom is -0.263 e. The molecule has 1 aromatic heterocycles. The van der Waals surface area contributed by atoms with Gasteiger partial charge in [0.05, 0.1) is 4.90 Å². The van der Waals surface area contributed by atoms with Gasteiger partial charge in [-0.05, 0) is 37.1 Å². The molecule has 0 aliphatic carbocycles. The predicted octanol–water partition coefficient (Wildman–Crippen LogP) is 2.55. The summed E-state index contributed by atoms with van der Waals surface area (Å²) >= 11 is 5.68. The van der Waals surface area contributed by atoms with Crippen molar-refractivity contribution in [3.8, 4) is 0 Å². The van der Waals surface area contributed by atoms with Crippen LogP contribution in [0.25, 0.3) is 0 Å². The number of nitrogens with one attached hydrogen (secondary N) is 1. The van der Waals surface area contributed by atoms with Crippen LogP contribution in [0.15, 0.2) is 35.5 Å². The fourth-order valence-electron chi connectivity index (χ4n) is 1.47. The molecule has 0 bridgehead atoms. The number of aryl methyl sites for hydroxylation is 2. The van der Waals surface area contributed by atoms with E-state index in [-0.39, 0.29) is 15.9 Å². The van der Waals surface area contributed by atoms with Gasteiger partial charge in [0.2, 0.25) is 0 Å². The maximum Gasteiger partial charge on any atom is 0.263 e. The maximum atomic E-state index is 12.2. The zero-order valence-corrected chi connectivity index (χ0v) is 12.0. The summed E-state index contributed by atoms with van der Waals surface area (Å²) in [5.41, 5.74) is 1.94. The van der Waals surface area contributed by atoms with E-state index in [1.807, 2.05) is 13.8 Å².